The van der Waals surface area contributed by atoms with E-state index >= 15 is 0 Å². The quantitative estimate of drug-likeness (QED) is 0.386. The van der Waals surface area contributed by atoms with E-state index in [1.54, 1.807) is 17.4 Å². The van der Waals surface area contributed by atoms with Crippen LogP contribution in [0.15, 0.2) is 60.0 Å². The van der Waals surface area contributed by atoms with E-state index in [1.165, 1.54) is 6.08 Å². The number of benzene rings is 2. The van der Waals surface area contributed by atoms with Crippen LogP contribution in [0.5, 0.6) is 5.75 Å². The molecule has 33 heavy (non-hydrogen) atoms. The molecule has 1 aliphatic carbocycles. The SMILES string of the molecule is Cc1nc(COc2cccc(/C=C/C(=O)Nc3ccc(-c4nnnn4C4CC4)cc3)c2)cs1. The predicted octanol–water partition coefficient (Wildman–Crippen LogP) is 4.67. The molecular weight excluding hydrogens is 436 g/mol. The highest BCUT2D eigenvalue weighted by molar-refractivity contribution is 7.09. The van der Waals surface area contributed by atoms with Crippen molar-refractivity contribution >= 4 is 29.0 Å². The van der Waals surface area contributed by atoms with Gasteiger partial charge < -0.3 is 10.1 Å². The predicted molar refractivity (Wildman–Crippen MR) is 127 cm³/mol. The first kappa shape index (κ1) is 21.0. The van der Waals surface area contributed by atoms with Crippen LogP contribution >= 0.6 is 11.3 Å². The molecule has 0 spiro atoms. The van der Waals surface area contributed by atoms with Gasteiger partial charge in [0.25, 0.3) is 0 Å². The summed E-state index contributed by atoms with van der Waals surface area (Å²) in [6, 6.07) is 15.5. The summed E-state index contributed by atoms with van der Waals surface area (Å²) in [6.45, 7) is 2.39. The summed E-state index contributed by atoms with van der Waals surface area (Å²) in [7, 11) is 0. The summed E-state index contributed by atoms with van der Waals surface area (Å²) in [5.74, 6) is 1.27. The average Bonchev–Trinajstić information content (AvgIpc) is 3.40. The van der Waals surface area contributed by atoms with Gasteiger partial charge in [-0.2, -0.15) is 0 Å². The van der Waals surface area contributed by atoms with E-state index in [-0.39, 0.29) is 5.91 Å². The molecule has 1 N–H and O–H groups in total. The molecular formula is C24H22N6O2S. The number of ether oxygens (including phenoxy) is 1. The molecule has 0 bridgehead atoms. The van der Waals surface area contributed by atoms with Crippen LogP contribution in [0, 0.1) is 6.92 Å². The van der Waals surface area contributed by atoms with Crippen molar-refractivity contribution in [2.75, 3.05) is 5.32 Å². The second kappa shape index (κ2) is 9.33. The zero-order valence-corrected chi connectivity index (χ0v) is 18.8. The molecule has 1 fully saturated rings. The van der Waals surface area contributed by atoms with Gasteiger partial charge in [0.2, 0.25) is 5.91 Å². The number of hydrogen-bond acceptors (Lipinski definition) is 7. The van der Waals surface area contributed by atoms with Gasteiger partial charge in [0.05, 0.1) is 16.7 Å². The first-order valence-corrected chi connectivity index (χ1v) is 11.5. The number of nitrogens with one attached hydrogen (secondary N) is 1. The van der Waals surface area contributed by atoms with E-state index in [4.69, 9.17) is 4.74 Å². The van der Waals surface area contributed by atoms with Gasteiger partial charge in [0.15, 0.2) is 5.82 Å². The molecule has 0 atom stereocenters. The Morgan fingerprint density at radius 3 is 2.85 bits per heavy atom. The Balaban J connectivity index is 1.17. The molecule has 9 heteroatoms. The maximum absolute atomic E-state index is 12.4. The number of hydrogen-bond donors (Lipinski definition) is 1. The fourth-order valence-corrected chi connectivity index (χ4v) is 3.94. The van der Waals surface area contributed by atoms with Crippen molar-refractivity contribution in [1.29, 1.82) is 0 Å². The highest BCUT2D eigenvalue weighted by Gasteiger charge is 2.28. The highest BCUT2D eigenvalue weighted by atomic mass is 32.1. The molecule has 8 nitrogen and oxygen atoms in total. The first-order valence-electron chi connectivity index (χ1n) is 10.7. The number of amides is 1. The van der Waals surface area contributed by atoms with Gasteiger partial charge in [0, 0.05) is 22.7 Å². The zero-order valence-electron chi connectivity index (χ0n) is 18.0. The van der Waals surface area contributed by atoms with Crippen molar-refractivity contribution in [3.63, 3.8) is 0 Å². The van der Waals surface area contributed by atoms with Crippen molar-refractivity contribution in [3.8, 4) is 17.1 Å². The average molecular weight is 459 g/mol. The third-order valence-electron chi connectivity index (χ3n) is 5.13. The molecule has 4 aromatic rings. The summed E-state index contributed by atoms with van der Waals surface area (Å²) < 4.78 is 7.68. The summed E-state index contributed by atoms with van der Waals surface area (Å²) in [5, 5.41) is 17.9. The van der Waals surface area contributed by atoms with E-state index in [0.29, 0.717) is 18.3 Å². The Labute approximate surface area is 194 Å². The van der Waals surface area contributed by atoms with Crippen molar-refractivity contribution in [3.05, 3.63) is 76.3 Å². The lowest BCUT2D eigenvalue weighted by atomic mass is 10.2. The molecule has 0 aliphatic heterocycles. The van der Waals surface area contributed by atoms with Gasteiger partial charge in [-0.3, -0.25) is 4.79 Å². The van der Waals surface area contributed by atoms with Crippen molar-refractivity contribution in [2.24, 2.45) is 0 Å². The third kappa shape index (κ3) is 5.32. The minimum absolute atomic E-state index is 0.213. The van der Waals surface area contributed by atoms with E-state index in [2.05, 4.69) is 25.8 Å². The molecule has 2 aromatic carbocycles. The Kier molecular flexibility index (Phi) is 5.95. The van der Waals surface area contributed by atoms with E-state index < -0.39 is 0 Å². The maximum atomic E-state index is 12.4. The lowest BCUT2D eigenvalue weighted by molar-refractivity contribution is -0.111. The van der Waals surface area contributed by atoms with Crippen molar-refractivity contribution in [1.82, 2.24) is 25.2 Å². The van der Waals surface area contributed by atoms with Crippen LogP contribution in [0.3, 0.4) is 0 Å². The van der Waals surface area contributed by atoms with Crippen molar-refractivity contribution in [2.45, 2.75) is 32.4 Å². The number of carbonyl (C=O) groups is 1. The standard InChI is InChI=1S/C24H22N6O2S/c1-16-25-20(15-33-16)14-32-22-4-2-3-17(13-22)5-12-23(31)26-19-8-6-18(7-9-19)24-27-28-29-30(24)21-10-11-21/h2-9,12-13,15,21H,10-11,14H2,1H3,(H,26,31)/b12-5+. The van der Waals surface area contributed by atoms with Crippen LogP contribution in [-0.4, -0.2) is 31.1 Å². The van der Waals surface area contributed by atoms with Crippen molar-refractivity contribution < 1.29 is 9.53 Å². The molecule has 0 saturated heterocycles. The summed E-state index contributed by atoms with van der Waals surface area (Å²) in [4.78, 5) is 16.8. The monoisotopic (exact) mass is 458 g/mol. The molecule has 1 amide bonds. The Morgan fingerprint density at radius 1 is 1.24 bits per heavy atom. The second-order valence-electron chi connectivity index (χ2n) is 7.80. The van der Waals surface area contributed by atoms with E-state index in [1.807, 2.05) is 65.5 Å². The van der Waals surface area contributed by atoms with Gasteiger partial charge in [-0.1, -0.05) is 12.1 Å². The smallest absolute Gasteiger partial charge is 0.248 e. The minimum atomic E-state index is -0.213. The number of aryl methyl sites for hydroxylation is 1. The lowest BCUT2D eigenvalue weighted by Gasteiger charge is -2.06. The maximum Gasteiger partial charge on any atom is 0.248 e. The highest BCUT2D eigenvalue weighted by Crippen LogP contribution is 2.36. The van der Waals surface area contributed by atoms with Crippen LogP contribution in [0.1, 0.15) is 35.1 Å². The molecule has 2 aromatic heterocycles. The number of anilines is 1. The number of rotatable bonds is 8. The van der Waals surface area contributed by atoms with E-state index in [0.717, 1.165) is 46.2 Å². The Hall–Kier alpha value is -3.85. The fourth-order valence-electron chi connectivity index (χ4n) is 3.35. The molecule has 0 unspecified atom stereocenters. The molecule has 1 aliphatic rings. The van der Waals surface area contributed by atoms with Crippen LogP contribution < -0.4 is 10.1 Å². The molecule has 5 rings (SSSR count). The second-order valence-corrected chi connectivity index (χ2v) is 8.86. The number of carbonyl (C=O) groups excluding carboxylic acids is 1. The van der Waals surface area contributed by atoms with Crippen LogP contribution in [0.25, 0.3) is 17.5 Å². The van der Waals surface area contributed by atoms with Crippen LogP contribution in [0.4, 0.5) is 5.69 Å². The summed E-state index contributed by atoms with van der Waals surface area (Å²) in [6.07, 6.45) is 5.48. The topological polar surface area (TPSA) is 94.8 Å². The number of tetrazole rings is 1. The fraction of sp³-hybridized carbons (Fsp3) is 0.208. The lowest BCUT2D eigenvalue weighted by Crippen LogP contribution is -2.07. The number of thiazole rings is 1. The molecule has 0 radical (unpaired) electrons. The minimum Gasteiger partial charge on any atom is -0.487 e. The Bertz CT molecular complexity index is 1290. The first-order chi connectivity index (χ1) is 16.1. The Morgan fingerprint density at radius 2 is 2.09 bits per heavy atom. The molecule has 1 saturated carbocycles. The molecule has 2 heterocycles. The van der Waals surface area contributed by atoms with E-state index in [9.17, 15) is 4.79 Å². The van der Waals surface area contributed by atoms with Crippen LogP contribution in [0.2, 0.25) is 0 Å². The third-order valence-corrected chi connectivity index (χ3v) is 5.96. The van der Waals surface area contributed by atoms with Gasteiger partial charge in [-0.25, -0.2) is 9.67 Å². The number of aromatic nitrogens is 5. The van der Waals surface area contributed by atoms with Gasteiger partial charge in [-0.15, -0.1) is 16.4 Å². The normalized spacial score (nSPS) is 13.4. The number of nitrogens with zero attached hydrogens (tertiary/aromatic N) is 5. The molecule has 166 valence electrons. The summed E-state index contributed by atoms with van der Waals surface area (Å²) >= 11 is 1.60. The van der Waals surface area contributed by atoms with Gasteiger partial charge in [-0.05, 0) is 78.2 Å². The van der Waals surface area contributed by atoms with Crippen LogP contribution in [-0.2, 0) is 11.4 Å². The zero-order chi connectivity index (χ0) is 22.6. The summed E-state index contributed by atoms with van der Waals surface area (Å²) in [5.41, 5.74) is 3.41. The van der Waals surface area contributed by atoms with Gasteiger partial charge in [0.1, 0.15) is 12.4 Å². The largest absolute Gasteiger partial charge is 0.487 e. The van der Waals surface area contributed by atoms with Gasteiger partial charge >= 0.3 is 0 Å².